The molecule has 0 aromatic heterocycles. The van der Waals surface area contributed by atoms with Crippen LogP contribution in [-0.4, -0.2) is 0 Å². The summed E-state index contributed by atoms with van der Waals surface area (Å²) in [6, 6.07) is 73.0. The van der Waals surface area contributed by atoms with Crippen LogP contribution in [0.1, 0.15) is 0 Å². The van der Waals surface area contributed by atoms with Crippen LogP contribution < -0.4 is 4.90 Å². The molecule has 10 aromatic carbocycles. The Morgan fingerprint density at radius 1 is 0.275 bits per heavy atom. The van der Waals surface area contributed by atoms with Gasteiger partial charge in [0.1, 0.15) is 0 Å². The molecule has 0 unspecified atom stereocenters. The van der Waals surface area contributed by atoms with Gasteiger partial charge in [0.25, 0.3) is 0 Å². The highest BCUT2D eigenvalue weighted by Crippen LogP contribution is 2.47. The number of fused-ring (bicyclic) bond motifs is 8. The molecule has 0 N–H and O–H groups in total. The Hall–Kier alpha value is -6.70. The highest BCUT2D eigenvalue weighted by Gasteiger charge is 2.21. The Kier molecular flexibility index (Phi) is 6.89. The number of hydrogen-bond donors (Lipinski definition) is 0. The van der Waals surface area contributed by atoms with Gasteiger partial charge in [0.05, 0.1) is 11.4 Å². The summed E-state index contributed by atoms with van der Waals surface area (Å²) >= 11 is 0. The van der Waals surface area contributed by atoms with Crippen LogP contribution in [-0.2, 0) is 0 Å². The third-order valence-corrected chi connectivity index (χ3v) is 10.4. The molecule has 0 fully saturated rings. The lowest BCUT2D eigenvalue weighted by molar-refractivity contribution is 1.32. The zero-order chi connectivity index (χ0) is 33.7. The minimum atomic E-state index is 1.11. The first-order valence-electron chi connectivity index (χ1n) is 17.6. The van der Waals surface area contributed by atoms with E-state index in [-0.39, 0.29) is 0 Å². The molecule has 10 aromatic rings. The van der Waals surface area contributed by atoms with E-state index in [0.29, 0.717) is 0 Å². The Morgan fingerprint density at radius 2 is 0.784 bits per heavy atom. The van der Waals surface area contributed by atoms with E-state index in [1.54, 1.807) is 0 Å². The second-order valence-corrected chi connectivity index (χ2v) is 13.3. The van der Waals surface area contributed by atoms with Gasteiger partial charge in [-0.3, -0.25) is 0 Å². The van der Waals surface area contributed by atoms with Crippen molar-refractivity contribution in [1.82, 2.24) is 0 Å². The fourth-order valence-electron chi connectivity index (χ4n) is 8.05. The largest absolute Gasteiger partial charge is 0.309 e. The monoisotopic (exact) mass is 647 g/mol. The van der Waals surface area contributed by atoms with E-state index >= 15 is 0 Å². The molecule has 0 atom stereocenters. The molecule has 0 spiro atoms. The van der Waals surface area contributed by atoms with Crippen molar-refractivity contribution < 1.29 is 0 Å². The summed E-state index contributed by atoms with van der Waals surface area (Å²) in [4.78, 5) is 2.47. The predicted octanol–water partition coefficient (Wildman–Crippen LogP) is 14.3. The SMILES string of the molecule is c1ccc(-c2ccc(N(c3ccc(-c4ccccc4)c4ccccc34)c3cc4ccc5ccc6ccccc6c5c4c4ccccc34)cc2)cc1. The summed E-state index contributed by atoms with van der Waals surface area (Å²) in [5, 5.41) is 12.5. The summed E-state index contributed by atoms with van der Waals surface area (Å²) in [6.45, 7) is 0. The molecule has 1 nitrogen and oxygen atoms in total. The molecular formula is C50H33N. The molecule has 0 aliphatic carbocycles. The van der Waals surface area contributed by atoms with Gasteiger partial charge in [-0.05, 0) is 89.6 Å². The van der Waals surface area contributed by atoms with Gasteiger partial charge >= 0.3 is 0 Å². The number of anilines is 3. The molecule has 238 valence electrons. The van der Waals surface area contributed by atoms with E-state index in [0.717, 1.165) is 17.1 Å². The predicted molar refractivity (Wildman–Crippen MR) is 220 cm³/mol. The van der Waals surface area contributed by atoms with E-state index in [2.05, 4.69) is 205 Å². The first-order valence-corrected chi connectivity index (χ1v) is 17.6. The molecule has 0 bridgehead atoms. The van der Waals surface area contributed by atoms with Crippen LogP contribution in [0.25, 0.3) is 76.1 Å². The van der Waals surface area contributed by atoms with Crippen molar-refractivity contribution in [2.45, 2.75) is 0 Å². The van der Waals surface area contributed by atoms with Crippen molar-refractivity contribution in [3.8, 4) is 22.3 Å². The molecule has 0 radical (unpaired) electrons. The Labute approximate surface area is 297 Å². The van der Waals surface area contributed by atoms with Crippen LogP contribution in [0.4, 0.5) is 17.1 Å². The lowest BCUT2D eigenvalue weighted by Gasteiger charge is -2.29. The average Bonchev–Trinajstić information content (AvgIpc) is 3.21. The zero-order valence-electron chi connectivity index (χ0n) is 28.0. The van der Waals surface area contributed by atoms with Gasteiger partial charge in [-0.25, -0.2) is 0 Å². The molecule has 51 heavy (non-hydrogen) atoms. The van der Waals surface area contributed by atoms with Gasteiger partial charge in [-0.2, -0.15) is 0 Å². The van der Waals surface area contributed by atoms with Gasteiger partial charge in [-0.15, -0.1) is 0 Å². The fourth-order valence-corrected chi connectivity index (χ4v) is 8.05. The van der Waals surface area contributed by atoms with Crippen LogP contribution in [0.2, 0.25) is 0 Å². The normalized spacial score (nSPS) is 11.5. The van der Waals surface area contributed by atoms with E-state index in [1.165, 1.54) is 76.1 Å². The highest BCUT2D eigenvalue weighted by molar-refractivity contribution is 6.29. The molecule has 0 saturated heterocycles. The third kappa shape index (κ3) is 4.86. The van der Waals surface area contributed by atoms with E-state index in [4.69, 9.17) is 0 Å². The Balaban J connectivity index is 1.28. The molecular weight excluding hydrogens is 615 g/mol. The second kappa shape index (κ2) is 12.0. The topological polar surface area (TPSA) is 3.24 Å². The van der Waals surface area contributed by atoms with Crippen LogP contribution >= 0.6 is 0 Å². The summed E-state index contributed by atoms with van der Waals surface area (Å²) in [5.41, 5.74) is 8.28. The fraction of sp³-hybridized carbons (Fsp3) is 0. The van der Waals surface area contributed by atoms with Crippen LogP contribution in [0.5, 0.6) is 0 Å². The van der Waals surface area contributed by atoms with Gasteiger partial charge < -0.3 is 4.90 Å². The zero-order valence-corrected chi connectivity index (χ0v) is 28.0. The van der Waals surface area contributed by atoms with Crippen LogP contribution in [0.15, 0.2) is 200 Å². The number of nitrogens with zero attached hydrogens (tertiary/aromatic N) is 1. The second-order valence-electron chi connectivity index (χ2n) is 13.3. The number of hydrogen-bond acceptors (Lipinski definition) is 1. The summed E-state index contributed by atoms with van der Waals surface area (Å²) in [6.07, 6.45) is 0. The van der Waals surface area contributed by atoms with Gasteiger partial charge in [0.15, 0.2) is 0 Å². The number of rotatable bonds is 5. The molecule has 0 aliphatic rings. The first-order chi connectivity index (χ1) is 25.3. The minimum absolute atomic E-state index is 1.11. The Morgan fingerprint density at radius 3 is 1.51 bits per heavy atom. The lowest BCUT2D eigenvalue weighted by Crippen LogP contribution is -2.11. The average molecular weight is 648 g/mol. The molecule has 0 heterocycles. The van der Waals surface area contributed by atoms with Crippen LogP contribution in [0.3, 0.4) is 0 Å². The molecule has 0 aliphatic heterocycles. The van der Waals surface area contributed by atoms with Crippen molar-refractivity contribution >= 4 is 70.9 Å². The third-order valence-electron chi connectivity index (χ3n) is 10.4. The maximum Gasteiger partial charge on any atom is 0.0546 e. The molecule has 1 heteroatoms. The van der Waals surface area contributed by atoms with Crippen molar-refractivity contribution in [2.24, 2.45) is 0 Å². The van der Waals surface area contributed by atoms with Gasteiger partial charge in [-0.1, -0.05) is 176 Å². The maximum atomic E-state index is 2.47. The maximum absolute atomic E-state index is 2.47. The smallest absolute Gasteiger partial charge is 0.0546 e. The quantitative estimate of drug-likeness (QED) is 0.168. The molecule has 0 saturated carbocycles. The lowest BCUT2D eigenvalue weighted by atomic mass is 9.91. The summed E-state index contributed by atoms with van der Waals surface area (Å²) in [5.74, 6) is 0. The molecule has 0 amide bonds. The Bertz CT molecular complexity index is 2890. The van der Waals surface area contributed by atoms with Crippen LogP contribution in [0, 0.1) is 0 Å². The minimum Gasteiger partial charge on any atom is -0.309 e. The van der Waals surface area contributed by atoms with Gasteiger partial charge in [0.2, 0.25) is 0 Å². The van der Waals surface area contributed by atoms with E-state index < -0.39 is 0 Å². The number of benzene rings is 10. The van der Waals surface area contributed by atoms with E-state index in [9.17, 15) is 0 Å². The van der Waals surface area contributed by atoms with Crippen molar-refractivity contribution in [1.29, 1.82) is 0 Å². The first kappa shape index (κ1) is 29.2. The van der Waals surface area contributed by atoms with Gasteiger partial charge in [0, 0.05) is 16.5 Å². The van der Waals surface area contributed by atoms with E-state index in [1.807, 2.05) is 0 Å². The summed E-state index contributed by atoms with van der Waals surface area (Å²) < 4.78 is 0. The highest BCUT2D eigenvalue weighted by atomic mass is 15.1. The summed E-state index contributed by atoms with van der Waals surface area (Å²) in [7, 11) is 0. The standard InChI is InChI=1S/C50H33N/c1-3-13-34(14-4-1)35-27-29-40(30-28-35)51(47-32-31-41(36-15-5-2-6-16-36)43-19-9-10-20-44(43)47)48-33-39-26-25-38-24-23-37-17-7-8-18-42(37)49(38)50(39)46-22-12-11-21-45(46)48/h1-33H. The van der Waals surface area contributed by atoms with Crippen molar-refractivity contribution in [2.75, 3.05) is 4.90 Å². The molecule has 10 rings (SSSR count). The van der Waals surface area contributed by atoms with Crippen molar-refractivity contribution in [3.05, 3.63) is 200 Å². The van der Waals surface area contributed by atoms with Crippen molar-refractivity contribution in [3.63, 3.8) is 0 Å².